The van der Waals surface area contributed by atoms with E-state index in [9.17, 15) is 19.6 Å². The second kappa shape index (κ2) is 13.3. The lowest BCUT2D eigenvalue weighted by atomic mass is 9.74. The molecular formula is C31H39BN4O5. The number of carbonyl (C=O) groups is 2. The Morgan fingerprint density at radius 3 is 2.32 bits per heavy atom. The number of benzene rings is 2. The van der Waals surface area contributed by atoms with E-state index in [1.54, 1.807) is 6.20 Å². The number of rotatable bonds is 12. The normalized spacial score (nSPS) is 18.1. The van der Waals surface area contributed by atoms with Gasteiger partial charge in [0.15, 0.2) is 0 Å². The predicted molar refractivity (Wildman–Crippen MR) is 160 cm³/mol. The van der Waals surface area contributed by atoms with Gasteiger partial charge in [-0.15, -0.1) is 0 Å². The van der Waals surface area contributed by atoms with Crippen molar-refractivity contribution in [1.82, 2.24) is 15.6 Å². The fourth-order valence-electron chi connectivity index (χ4n) is 5.25. The third kappa shape index (κ3) is 7.51. The van der Waals surface area contributed by atoms with E-state index in [1.807, 2.05) is 74.5 Å². The van der Waals surface area contributed by atoms with E-state index in [0.717, 1.165) is 16.3 Å². The molecule has 1 aliphatic rings. The van der Waals surface area contributed by atoms with Crippen molar-refractivity contribution < 1.29 is 24.5 Å². The van der Waals surface area contributed by atoms with Crippen LogP contribution in [0.2, 0.25) is 0 Å². The number of hydrogen-bond acceptors (Lipinski definition) is 7. The second-order valence-electron chi connectivity index (χ2n) is 11.7. The maximum atomic E-state index is 13.8. The van der Waals surface area contributed by atoms with Gasteiger partial charge in [0.25, 0.3) is 11.8 Å². The number of hydrogen-bond donors (Lipinski definition) is 4. The molecule has 0 spiro atoms. The molecule has 0 fully saturated rings. The van der Waals surface area contributed by atoms with Gasteiger partial charge in [0.1, 0.15) is 5.69 Å². The molecule has 0 aliphatic carbocycles. The first kappa shape index (κ1) is 30.2. The molecule has 0 radical (unpaired) electrons. The second-order valence-corrected chi connectivity index (χ2v) is 11.7. The Balaban J connectivity index is 1.61. The summed E-state index contributed by atoms with van der Waals surface area (Å²) >= 11 is 0. The summed E-state index contributed by atoms with van der Waals surface area (Å²) in [5.74, 6) is -1.35. The summed E-state index contributed by atoms with van der Waals surface area (Å²) in [5, 5.41) is 31.9. The number of oxime groups is 1. The monoisotopic (exact) mass is 558 g/mol. The van der Waals surface area contributed by atoms with Crippen molar-refractivity contribution in [3.63, 3.8) is 0 Å². The number of nitrogens with one attached hydrogen (secondary N) is 2. The van der Waals surface area contributed by atoms with Crippen LogP contribution in [0.3, 0.4) is 0 Å². The molecule has 1 aromatic heterocycles. The van der Waals surface area contributed by atoms with Crippen LogP contribution in [0.4, 0.5) is 0 Å². The van der Waals surface area contributed by atoms with Crippen LogP contribution in [0, 0.1) is 11.8 Å². The Kier molecular flexibility index (Phi) is 9.78. The molecule has 4 N–H and O–H groups in total. The SMILES string of the molecule is CC(C)C[C@H](NC(=O)C1(Cc2ccccc2)CC([C@H](CC(C)C)NC(=O)c2nccc3ccccc23)=NO1)B(O)O. The molecule has 2 heterocycles. The maximum Gasteiger partial charge on any atom is 0.475 e. The number of nitrogens with zero attached hydrogens (tertiary/aromatic N) is 2. The standard InChI is InChI=1S/C31H39BN4O5/c1-20(2)16-25(34-29(37)28-24-13-9-8-12-23(24)14-15-33-28)26-19-31(41-36-26,18-22-10-6-5-7-11-22)30(38)35-27(32(39)40)17-21(3)4/h5-15,20-21,25,27,39-40H,16-19H2,1-4H3,(H,34,37)(H,35,38)/t25-,27-,31?/m0/s1. The molecule has 0 bridgehead atoms. The molecule has 0 saturated heterocycles. The Morgan fingerprint density at radius 1 is 0.951 bits per heavy atom. The average Bonchev–Trinajstić information content (AvgIpc) is 3.37. The van der Waals surface area contributed by atoms with Gasteiger partial charge < -0.3 is 25.5 Å². The van der Waals surface area contributed by atoms with Crippen LogP contribution in [0.1, 0.15) is 63.0 Å². The molecule has 1 unspecified atom stereocenters. The van der Waals surface area contributed by atoms with E-state index in [4.69, 9.17) is 4.84 Å². The van der Waals surface area contributed by atoms with Gasteiger partial charge in [-0.1, -0.05) is 87.4 Å². The Labute approximate surface area is 241 Å². The lowest BCUT2D eigenvalue weighted by molar-refractivity contribution is -0.144. The average molecular weight is 558 g/mol. The molecule has 41 heavy (non-hydrogen) atoms. The summed E-state index contributed by atoms with van der Waals surface area (Å²) in [6.45, 7) is 7.99. The molecule has 0 saturated carbocycles. The third-order valence-corrected chi connectivity index (χ3v) is 7.26. The van der Waals surface area contributed by atoms with Gasteiger partial charge in [-0.05, 0) is 41.7 Å². The van der Waals surface area contributed by atoms with Crippen LogP contribution in [-0.2, 0) is 16.1 Å². The zero-order valence-corrected chi connectivity index (χ0v) is 24.1. The van der Waals surface area contributed by atoms with Crippen LogP contribution < -0.4 is 10.6 Å². The summed E-state index contributed by atoms with van der Waals surface area (Å²) in [6, 6.07) is 18.4. The Bertz CT molecular complexity index is 1380. The number of aromatic nitrogens is 1. The van der Waals surface area contributed by atoms with E-state index in [0.29, 0.717) is 24.2 Å². The number of pyridine rings is 1. The lowest BCUT2D eigenvalue weighted by Crippen LogP contribution is -2.56. The van der Waals surface area contributed by atoms with E-state index in [-0.39, 0.29) is 30.6 Å². The third-order valence-electron chi connectivity index (χ3n) is 7.26. The van der Waals surface area contributed by atoms with Crippen molar-refractivity contribution in [3.8, 4) is 0 Å². The highest BCUT2D eigenvalue weighted by molar-refractivity contribution is 6.43. The molecule has 1 aliphatic heterocycles. The minimum atomic E-state index is -1.72. The highest BCUT2D eigenvalue weighted by Crippen LogP contribution is 2.32. The molecule has 3 aromatic rings. The van der Waals surface area contributed by atoms with Crippen LogP contribution in [0.5, 0.6) is 0 Å². The van der Waals surface area contributed by atoms with Crippen molar-refractivity contribution >= 4 is 35.4 Å². The first-order valence-corrected chi connectivity index (χ1v) is 14.2. The van der Waals surface area contributed by atoms with Gasteiger partial charge in [-0.25, -0.2) is 0 Å². The minimum Gasteiger partial charge on any atom is -0.426 e. The summed E-state index contributed by atoms with van der Waals surface area (Å²) in [4.78, 5) is 37.7. The first-order valence-electron chi connectivity index (χ1n) is 14.2. The molecule has 10 heteroatoms. The van der Waals surface area contributed by atoms with Crippen molar-refractivity contribution in [1.29, 1.82) is 0 Å². The van der Waals surface area contributed by atoms with Crippen molar-refractivity contribution in [2.45, 2.75) is 71.0 Å². The van der Waals surface area contributed by atoms with Gasteiger partial charge in [0.2, 0.25) is 5.60 Å². The lowest BCUT2D eigenvalue weighted by Gasteiger charge is -2.29. The summed E-state index contributed by atoms with van der Waals surface area (Å²) in [5.41, 5.74) is 0.313. The molecule has 9 nitrogen and oxygen atoms in total. The zero-order valence-electron chi connectivity index (χ0n) is 24.1. The number of carbonyl (C=O) groups excluding carboxylic acids is 2. The Morgan fingerprint density at radius 2 is 1.63 bits per heavy atom. The number of fused-ring (bicyclic) bond motifs is 1. The summed E-state index contributed by atoms with van der Waals surface area (Å²) < 4.78 is 0. The van der Waals surface area contributed by atoms with Gasteiger partial charge >= 0.3 is 7.12 Å². The summed E-state index contributed by atoms with van der Waals surface area (Å²) in [6.07, 6.45) is 2.92. The van der Waals surface area contributed by atoms with Gasteiger partial charge in [0, 0.05) is 24.4 Å². The van der Waals surface area contributed by atoms with Gasteiger partial charge in [-0.2, -0.15) is 0 Å². The molecule has 3 atom stereocenters. The highest BCUT2D eigenvalue weighted by atomic mass is 16.7. The zero-order chi connectivity index (χ0) is 29.6. The van der Waals surface area contributed by atoms with Crippen LogP contribution in [0.15, 0.2) is 72.0 Å². The molecule has 2 amide bonds. The smallest absolute Gasteiger partial charge is 0.426 e. The Hall–Kier alpha value is -3.76. The fourth-order valence-corrected chi connectivity index (χ4v) is 5.25. The minimum absolute atomic E-state index is 0.122. The molecule has 4 rings (SSSR count). The topological polar surface area (TPSA) is 133 Å². The van der Waals surface area contributed by atoms with Gasteiger partial charge in [0.05, 0.1) is 17.7 Å². The summed E-state index contributed by atoms with van der Waals surface area (Å²) in [7, 11) is -1.72. The van der Waals surface area contributed by atoms with Gasteiger partial charge in [-0.3, -0.25) is 14.6 Å². The van der Waals surface area contributed by atoms with Crippen molar-refractivity contribution in [2.24, 2.45) is 17.0 Å². The van der Waals surface area contributed by atoms with Crippen LogP contribution in [0.25, 0.3) is 10.8 Å². The maximum absolute atomic E-state index is 13.8. The van der Waals surface area contributed by atoms with E-state index < -0.39 is 30.6 Å². The predicted octanol–water partition coefficient (Wildman–Crippen LogP) is 3.68. The van der Waals surface area contributed by atoms with Crippen LogP contribution in [-0.4, -0.2) is 57.3 Å². The van der Waals surface area contributed by atoms with E-state index in [1.165, 1.54) is 0 Å². The highest BCUT2D eigenvalue weighted by Gasteiger charge is 2.49. The first-order chi connectivity index (χ1) is 19.6. The van der Waals surface area contributed by atoms with E-state index >= 15 is 0 Å². The fraction of sp³-hybridized carbons (Fsp3) is 0.419. The van der Waals surface area contributed by atoms with Crippen molar-refractivity contribution in [2.75, 3.05) is 0 Å². The number of amides is 2. The largest absolute Gasteiger partial charge is 0.475 e. The quantitative estimate of drug-likeness (QED) is 0.251. The molecular weight excluding hydrogens is 519 g/mol. The van der Waals surface area contributed by atoms with Crippen molar-refractivity contribution in [3.05, 3.63) is 78.1 Å². The van der Waals surface area contributed by atoms with E-state index in [2.05, 4.69) is 34.6 Å². The molecule has 2 aromatic carbocycles. The molecule has 216 valence electrons. The van der Waals surface area contributed by atoms with Crippen LogP contribution >= 0.6 is 0 Å².